The molecule has 0 aliphatic rings. The first-order chi connectivity index (χ1) is 10.7. The Hall–Kier alpha value is -2.14. The summed E-state index contributed by atoms with van der Waals surface area (Å²) in [6.07, 6.45) is 0. The van der Waals surface area contributed by atoms with E-state index in [9.17, 15) is 0 Å². The van der Waals surface area contributed by atoms with Crippen molar-refractivity contribution in [2.24, 2.45) is 5.73 Å². The predicted molar refractivity (Wildman–Crippen MR) is 90.1 cm³/mol. The van der Waals surface area contributed by atoms with Crippen LogP contribution in [0.15, 0.2) is 30.3 Å². The molecular weight excluding hydrogens is 276 g/mol. The van der Waals surface area contributed by atoms with Crippen molar-refractivity contribution in [3.8, 4) is 17.0 Å². The van der Waals surface area contributed by atoms with E-state index in [0.29, 0.717) is 13.2 Å². The Morgan fingerprint density at radius 3 is 2.27 bits per heavy atom. The summed E-state index contributed by atoms with van der Waals surface area (Å²) in [5, 5.41) is 0. The van der Waals surface area contributed by atoms with Crippen molar-refractivity contribution in [3.63, 3.8) is 0 Å². The van der Waals surface area contributed by atoms with Gasteiger partial charge < -0.3 is 15.4 Å². The lowest BCUT2D eigenvalue weighted by Gasteiger charge is -2.20. The first-order valence-corrected chi connectivity index (χ1v) is 7.78. The van der Waals surface area contributed by atoms with Gasteiger partial charge in [-0.1, -0.05) is 0 Å². The molecule has 2 N–H and O–H groups in total. The molecule has 0 bridgehead atoms. The summed E-state index contributed by atoms with van der Waals surface area (Å²) in [6.45, 7) is 8.97. The van der Waals surface area contributed by atoms with Crippen LogP contribution in [0.1, 0.15) is 26.5 Å². The van der Waals surface area contributed by atoms with Gasteiger partial charge in [-0.3, -0.25) is 0 Å². The lowest BCUT2D eigenvalue weighted by Crippen LogP contribution is -2.25. The number of hydrogen-bond acceptors (Lipinski definition) is 5. The smallest absolute Gasteiger partial charge is 0.226 e. The van der Waals surface area contributed by atoms with E-state index in [-0.39, 0.29) is 0 Å². The molecule has 0 aliphatic carbocycles. The van der Waals surface area contributed by atoms with Crippen LogP contribution >= 0.6 is 0 Å². The fourth-order valence-corrected chi connectivity index (χ4v) is 2.27. The summed E-state index contributed by atoms with van der Waals surface area (Å²) < 4.78 is 5.48. The maximum Gasteiger partial charge on any atom is 0.226 e. The molecule has 0 amide bonds. The first-order valence-electron chi connectivity index (χ1n) is 7.78. The monoisotopic (exact) mass is 300 g/mol. The molecule has 2 rings (SSSR count). The summed E-state index contributed by atoms with van der Waals surface area (Å²) in [6, 6.07) is 9.89. The minimum atomic E-state index is 0.404. The highest BCUT2D eigenvalue weighted by atomic mass is 16.5. The third kappa shape index (κ3) is 3.74. The van der Waals surface area contributed by atoms with E-state index in [1.54, 1.807) is 0 Å². The zero-order valence-electron chi connectivity index (χ0n) is 13.5. The average molecular weight is 300 g/mol. The standard InChI is InChI=1S/C17H24N4O/c1-4-21(5-2)17-19-14(12-18)11-16(20-17)13-7-9-15(10-8-13)22-6-3/h7-11H,4-6,12,18H2,1-3H3. The number of nitrogens with zero attached hydrogens (tertiary/aromatic N) is 3. The molecule has 0 atom stereocenters. The van der Waals surface area contributed by atoms with Crippen LogP contribution in [0.3, 0.4) is 0 Å². The van der Waals surface area contributed by atoms with Crippen LogP contribution in [-0.2, 0) is 6.54 Å². The molecule has 0 spiro atoms. The van der Waals surface area contributed by atoms with Crippen LogP contribution in [0.2, 0.25) is 0 Å². The predicted octanol–water partition coefficient (Wildman–Crippen LogP) is 2.85. The van der Waals surface area contributed by atoms with E-state index >= 15 is 0 Å². The number of nitrogens with two attached hydrogens (primary N) is 1. The van der Waals surface area contributed by atoms with Gasteiger partial charge in [-0.15, -0.1) is 0 Å². The fourth-order valence-electron chi connectivity index (χ4n) is 2.27. The minimum Gasteiger partial charge on any atom is -0.494 e. The molecule has 0 radical (unpaired) electrons. The van der Waals surface area contributed by atoms with Crippen molar-refractivity contribution in [1.29, 1.82) is 0 Å². The Kier molecular flexibility index (Phi) is 5.72. The fraction of sp³-hybridized carbons (Fsp3) is 0.412. The van der Waals surface area contributed by atoms with Crippen molar-refractivity contribution in [2.45, 2.75) is 27.3 Å². The minimum absolute atomic E-state index is 0.404. The average Bonchev–Trinajstić information content (AvgIpc) is 2.56. The highest BCUT2D eigenvalue weighted by Crippen LogP contribution is 2.23. The van der Waals surface area contributed by atoms with Gasteiger partial charge in [0.1, 0.15) is 5.75 Å². The van der Waals surface area contributed by atoms with E-state index in [4.69, 9.17) is 10.5 Å². The molecule has 1 aromatic heterocycles. The molecule has 0 saturated heterocycles. The Morgan fingerprint density at radius 1 is 1.05 bits per heavy atom. The number of benzene rings is 1. The summed E-state index contributed by atoms with van der Waals surface area (Å²) in [7, 11) is 0. The SMILES string of the molecule is CCOc1ccc(-c2cc(CN)nc(N(CC)CC)n2)cc1. The molecule has 118 valence electrons. The van der Waals surface area contributed by atoms with Crippen molar-refractivity contribution < 1.29 is 4.74 Å². The second kappa shape index (κ2) is 7.75. The topological polar surface area (TPSA) is 64.3 Å². The summed E-state index contributed by atoms with van der Waals surface area (Å²) >= 11 is 0. The molecular formula is C17H24N4O. The number of aromatic nitrogens is 2. The Morgan fingerprint density at radius 2 is 1.73 bits per heavy atom. The zero-order chi connectivity index (χ0) is 15.9. The molecule has 1 aromatic carbocycles. The molecule has 0 fully saturated rings. The van der Waals surface area contributed by atoms with Gasteiger partial charge in [0.05, 0.1) is 18.0 Å². The van der Waals surface area contributed by atoms with E-state index in [0.717, 1.165) is 41.7 Å². The van der Waals surface area contributed by atoms with Gasteiger partial charge in [0, 0.05) is 25.2 Å². The van der Waals surface area contributed by atoms with Gasteiger partial charge in [-0.05, 0) is 51.1 Å². The van der Waals surface area contributed by atoms with Gasteiger partial charge in [-0.2, -0.15) is 0 Å². The molecule has 2 aromatic rings. The second-order valence-corrected chi connectivity index (χ2v) is 4.88. The van der Waals surface area contributed by atoms with Crippen LogP contribution < -0.4 is 15.4 Å². The molecule has 22 heavy (non-hydrogen) atoms. The van der Waals surface area contributed by atoms with Gasteiger partial charge in [0.2, 0.25) is 5.95 Å². The van der Waals surface area contributed by atoms with Gasteiger partial charge >= 0.3 is 0 Å². The maximum absolute atomic E-state index is 5.78. The van der Waals surface area contributed by atoms with E-state index in [1.807, 2.05) is 37.3 Å². The Labute approximate surface area is 132 Å². The van der Waals surface area contributed by atoms with Crippen LogP contribution in [0.5, 0.6) is 5.75 Å². The van der Waals surface area contributed by atoms with Gasteiger partial charge in [0.15, 0.2) is 0 Å². The van der Waals surface area contributed by atoms with E-state index < -0.39 is 0 Å². The van der Waals surface area contributed by atoms with Crippen LogP contribution in [-0.4, -0.2) is 29.7 Å². The van der Waals surface area contributed by atoms with Crippen molar-refractivity contribution in [3.05, 3.63) is 36.0 Å². The summed E-state index contributed by atoms with van der Waals surface area (Å²) in [4.78, 5) is 11.3. The van der Waals surface area contributed by atoms with E-state index in [2.05, 4.69) is 28.7 Å². The lowest BCUT2D eigenvalue weighted by atomic mass is 10.1. The number of rotatable bonds is 7. The molecule has 0 aliphatic heterocycles. The van der Waals surface area contributed by atoms with E-state index in [1.165, 1.54) is 0 Å². The Bertz CT molecular complexity index is 594. The van der Waals surface area contributed by atoms with Crippen molar-refractivity contribution in [1.82, 2.24) is 9.97 Å². The van der Waals surface area contributed by atoms with Gasteiger partial charge in [-0.25, -0.2) is 9.97 Å². The largest absolute Gasteiger partial charge is 0.494 e. The molecule has 5 heteroatoms. The quantitative estimate of drug-likeness (QED) is 0.852. The molecule has 0 unspecified atom stereocenters. The summed E-state index contributed by atoms with van der Waals surface area (Å²) in [5.74, 6) is 1.60. The van der Waals surface area contributed by atoms with Gasteiger partial charge in [0.25, 0.3) is 0 Å². The first kappa shape index (κ1) is 16.2. The highest BCUT2D eigenvalue weighted by Gasteiger charge is 2.10. The normalized spacial score (nSPS) is 10.5. The molecule has 5 nitrogen and oxygen atoms in total. The zero-order valence-corrected chi connectivity index (χ0v) is 13.5. The lowest BCUT2D eigenvalue weighted by molar-refractivity contribution is 0.340. The van der Waals surface area contributed by atoms with Crippen molar-refractivity contribution in [2.75, 3.05) is 24.6 Å². The number of anilines is 1. The van der Waals surface area contributed by atoms with Crippen molar-refractivity contribution >= 4 is 5.95 Å². The molecule has 1 heterocycles. The second-order valence-electron chi connectivity index (χ2n) is 4.88. The highest BCUT2D eigenvalue weighted by molar-refractivity contribution is 5.62. The Balaban J connectivity index is 2.38. The van der Waals surface area contributed by atoms with Crippen LogP contribution in [0, 0.1) is 0 Å². The molecule has 0 saturated carbocycles. The third-order valence-electron chi connectivity index (χ3n) is 3.48. The van der Waals surface area contributed by atoms with Crippen LogP contribution in [0.25, 0.3) is 11.3 Å². The number of hydrogen-bond donors (Lipinski definition) is 1. The number of ether oxygens (including phenoxy) is 1. The third-order valence-corrected chi connectivity index (χ3v) is 3.48. The van der Waals surface area contributed by atoms with Crippen LogP contribution in [0.4, 0.5) is 5.95 Å². The maximum atomic E-state index is 5.78. The summed E-state index contributed by atoms with van der Waals surface area (Å²) in [5.41, 5.74) is 8.56.